The van der Waals surface area contributed by atoms with Crippen LogP contribution in [0.3, 0.4) is 0 Å². The highest BCUT2D eigenvalue weighted by Gasteiger charge is 1.94. The van der Waals surface area contributed by atoms with E-state index in [1.54, 1.807) is 23.0 Å². The summed E-state index contributed by atoms with van der Waals surface area (Å²) >= 11 is 6.27. The summed E-state index contributed by atoms with van der Waals surface area (Å²) in [6.07, 6.45) is 2.46. The second kappa shape index (κ2) is 2.89. The Morgan fingerprint density at radius 3 is 3.11 bits per heavy atom. The summed E-state index contributed by atoms with van der Waals surface area (Å²) in [6, 6.07) is 0. The van der Waals surface area contributed by atoms with Crippen molar-refractivity contribution in [2.75, 3.05) is 0 Å². The standard InChI is InChI=1S/C5H6N2S2/c6-5(8)1-4-2-7-3-9-4/h2-3H,1H2,(H2,6,8). The molecule has 0 radical (unpaired) electrons. The first-order valence-electron chi connectivity index (χ1n) is 2.44. The summed E-state index contributed by atoms with van der Waals surface area (Å²) in [7, 11) is 0. The van der Waals surface area contributed by atoms with E-state index in [0.717, 1.165) is 4.88 Å². The van der Waals surface area contributed by atoms with E-state index < -0.39 is 0 Å². The molecule has 0 aliphatic heterocycles. The Kier molecular flexibility index (Phi) is 2.13. The summed E-state index contributed by atoms with van der Waals surface area (Å²) in [5, 5.41) is 0. The number of hydrogen-bond acceptors (Lipinski definition) is 3. The molecule has 1 heterocycles. The van der Waals surface area contributed by atoms with Crippen LogP contribution in [0.1, 0.15) is 4.88 Å². The van der Waals surface area contributed by atoms with Gasteiger partial charge in [0.25, 0.3) is 0 Å². The molecule has 0 bridgehead atoms. The summed E-state index contributed by atoms with van der Waals surface area (Å²) < 4.78 is 0. The highest BCUT2D eigenvalue weighted by atomic mass is 32.1. The monoisotopic (exact) mass is 158 g/mol. The molecule has 0 saturated heterocycles. The Morgan fingerprint density at radius 2 is 2.67 bits per heavy atom. The van der Waals surface area contributed by atoms with Gasteiger partial charge in [-0.05, 0) is 0 Å². The molecule has 48 valence electrons. The molecule has 1 rings (SSSR count). The number of aromatic nitrogens is 1. The Hall–Kier alpha value is -0.480. The zero-order valence-electron chi connectivity index (χ0n) is 4.70. The third kappa shape index (κ3) is 2.07. The molecule has 1 aromatic rings. The predicted molar refractivity (Wildman–Crippen MR) is 42.6 cm³/mol. The van der Waals surface area contributed by atoms with E-state index in [1.807, 2.05) is 0 Å². The average molecular weight is 158 g/mol. The molecule has 1 aromatic heterocycles. The minimum Gasteiger partial charge on any atom is -0.393 e. The van der Waals surface area contributed by atoms with Crippen molar-refractivity contribution in [2.24, 2.45) is 5.73 Å². The smallest absolute Gasteiger partial charge is 0.0794 e. The lowest BCUT2D eigenvalue weighted by Crippen LogP contribution is -2.09. The molecule has 0 spiro atoms. The number of hydrogen-bond donors (Lipinski definition) is 1. The van der Waals surface area contributed by atoms with Crippen LogP contribution >= 0.6 is 23.6 Å². The van der Waals surface area contributed by atoms with E-state index in [9.17, 15) is 0 Å². The fourth-order valence-electron chi connectivity index (χ4n) is 0.501. The van der Waals surface area contributed by atoms with Crippen molar-refractivity contribution < 1.29 is 0 Å². The first-order chi connectivity index (χ1) is 4.29. The first-order valence-corrected chi connectivity index (χ1v) is 3.73. The SMILES string of the molecule is NC(=S)Cc1cncs1. The van der Waals surface area contributed by atoms with E-state index in [-0.39, 0.29) is 0 Å². The molecule has 0 unspecified atom stereocenters. The van der Waals surface area contributed by atoms with E-state index >= 15 is 0 Å². The molecule has 0 aliphatic rings. The molecule has 2 nitrogen and oxygen atoms in total. The van der Waals surface area contributed by atoms with Gasteiger partial charge in [0, 0.05) is 17.5 Å². The van der Waals surface area contributed by atoms with Crippen LogP contribution < -0.4 is 5.73 Å². The molecular weight excluding hydrogens is 152 g/mol. The summed E-state index contributed by atoms with van der Waals surface area (Å²) in [4.78, 5) is 5.53. The average Bonchev–Trinajstić information content (AvgIpc) is 2.15. The molecule has 0 saturated carbocycles. The highest BCUT2D eigenvalue weighted by molar-refractivity contribution is 7.80. The highest BCUT2D eigenvalue weighted by Crippen LogP contribution is 2.05. The largest absolute Gasteiger partial charge is 0.393 e. The van der Waals surface area contributed by atoms with Crippen LogP contribution in [0.25, 0.3) is 0 Å². The van der Waals surface area contributed by atoms with Crippen molar-refractivity contribution in [1.29, 1.82) is 0 Å². The van der Waals surface area contributed by atoms with Gasteiger partial charge in [0.05, 0.1) is 10.5 Å². The summed E-state index contributed by atoms with van der Waals surface area (Å²) in [5.74, 6) is 0. The fraction of sp³-hybridized carbons (Fsp3) is 0.200. The quantitative estimate of drug-likeness (QED) is 0.652. The fourth-order valence-corrected chi connectivity index (χ4v) is 1.37. The van der Waals surface area contributed by atoms with E-state index in [2.05, 4.69) is 4.98 Å². The van der Waals surface area contributed by atoms with Gasteiger partial charge in [0.15, 0.2) is 0 Å². The third-order valence-corrected chi connectivity index (χ3v) is 1.76. The molecule has 0 aliphatic carbocycles. The minimum atomic E-state index is 0.527. The lowest BCUT2D eigenvalue weighted by Gasteiger charge is -1.88. The maximum Gasteiger partial charge on any atom is 0.0794 e. The van der Waals surface area contributed by atoms with Crippen LogP contribution in [0.4, 0.5) is 0 Å². The van der Waals surface area contributed by atoms with Crippen molar-refractivity contribution >= 4 is 28.5 Å². The number of nitrogens with zero attached hydrogens (tertiary/aromatic N) is 1. The Labute approximate surface area is 62.7 Å². The van der Waals surface area contributed by atoms with Gasteiger partial charge in [-0.2, -0.15) is 0 Å². The van der Waals surface area contributed by atoms with E-state index in [4.69, 9.17) is 18.0 Å². The zero-order chi connectivity index (χ0) is 6.69. The van der Waals surface area contributed by atoms with Gasteiger partial charge in [0.1, 0.15) is 0 Å². The molecule has 0 amide bonds. The number of nitrogens with two attached hydrogens (primary N) is 1. The molecule has 0 fully saturated rings. The molecule has 2 N–H and O–H groups in total. The second-order valence-electron chi connectivity index (χ2n) is 1.61. The van der Waals surface area contributed by atoms with Crippen molar-refractivity contribution in [3.05, 3.63) is 16.6 Å². The number of rotatable bonds is 2. The topological polar surface area (TPSA) is 38.9 Å². The van der Waals surface area contributed by atoms with Crippen LogP contribution in [0.2, 0.25) is 0 Å². The summed E-state index contributed by atoms with van der Waals surface area (Å²) in [5.41, 5.74) is 7.07. The maximum atomic E-state index is 5.29. The van der Waals surface area contributed by atoms with Crippen molar-refractivity contribution in [1.82, 2.24) is 4.98 Å². The molecule has 0 aromatic carbocycles. The first kappa shape index (κ1) is 6.64. The van der Waals surface area contributed by atoms with Crippen LogP contribution in [0.5, 0.6) is 0 Å². The normalized spacial score (nSPS) is 9.33. The molecular formula is C5H6N2S2. The van der Waals surface area contributed by atoms with Gasteiger partial charge in [0.2, 0.25) is 0 Å². The molecule has 9 heavy (non-hydrogen) atoms. The van der Waals surface area contributed by atoms with Crippen molar-refractivity contribution in [2.45, 2.75) is 6.42 Å². The Morgan fingerprint density at radius 1 is 1.89 bits per heavy atom. The zero-order valence-corrected chi connectivity index (χ0v) is 6.34. The van der Waals surface area contributed by atoms with Crippen LogP contribution in [-0.2, 0) is 6.42 Å². The van der Waals surface area contributed by atoms with Crippen LogP contribution in [-0.4, -0.2) is 9.97 Å². The Bertz CT molecular complexity index is 193. The number of thiocarbonyl (C=S) groups is 1. The van der Waals surface area contributed by atoms with E-state index in [0.29, 0.717) is 11.4 Å². The second-order valence-corrected chi connectivity index (χ2v) is 3.11. The van der Waals surface area contributed by atoms with Gasteiger partial charge in [-0.15, -0.1) is 11.3 Å². The van der Waals surface area contributed by atoms with Crippen molar-refractivity contribution in [3.8, 4) is 0 Å². The third-order valence-electron chi connectivity index (χ3n) is 0.832. The van der Waals surface area contributed by atoms with Gasteiger partial charge < -0.3 is 5.73 Å². The van der Waals surface area contributed by atoms with E-state index in [1.165, 1.54) is 0 Å². The molecule has 4 heteroatoms. The predicted octanol–water partition coefficient (Wildman–Crippen LogP) is 0.972. The Balaban J connectivity index is 2.58. The summed E-state index contributed by atoms with van der Waals surface area (Å²) in [6.45, 7) is 0. The van der Waals surface area contributed by atoms with Gasteiger partial charge in [-0.3, -0.25) is 4.98 Å². The van der Waals surface area contributed by atoms with Gasteiger partial charge >= 0.3 is 0 Å². The van der Waals surface area contributed by atoms with Crippen LogP contribution in [0, 0.1) is 0 Å². The number of thiazole rings is 1. The van der Waals surface area contributed by atoms with Crippen LogP contribution in [0.15, 0.2) is 11.7 Å². The van der Waals surface area contributed by atoms with Crippen molar-refractivity contribution in [3.63, 3.8) is 0 Å². The van der Waals surface area contributed by atoms with Gasteiger partial charge in [-0.1, -0.05) is 12.2 Å². The lowest BCUT2D eigenvalue weighted by molar-refractivity contribution is 1.33. The molecule has 0 atom stereocenters. The maximum absolute atomic E-state index is 5.29. The minimum absolute atomic E-state index is 0.527. The van der Waals surface area contributed by atoms with Gasteiger partial charge in [-0.25, -0.2) is 0 Å². The lowest BCUT2D eigenvalue weighted by atomic mass is 10.4.